The molecule has 0 aliphatic carbocycles. The summed E-state index contributed by atoms with van der Waals surface area (Å²) >= 11 is 3.19. The number of nitrogens with two attached hydrogens (primary N) is 1. The van der Waals surface area contributed by atoms with Gasteiger partial charge in [-0.2, -0.15) is 9.78 Å². The molecule has 1 aromatic rings. The number of hydrogen-bond donors (Lipinski definition) is 2. The molecule has 3 N–H and O–H groups in total. The largest absolute Gasteiger partial charge is 0.383 e. The summed E-state index contributed by atoms with van der Waals surface area (Å²) in [5.74, 6) is 1.26. The smallest absolute Gasteiger partial charge is 0.156 e. The summed E-state index contributed by atoms with van der Waals surface area (Å²) in [5.41, 5.74) is 5.77. The van der Waals surface area contributed by atoms with Gasteiger partial charge in [-0.3, -0.25) is 0 Å². The molecule has 1 rings (SSSR count). The molecule has 0 aliphatic rings. The SMILES string of the molecule is CCCCNCCC/C=N/c1ccnn1/C(N)=C/Br. The average molecular weight is 328 g/mol. The van der Waals surface area contributed by atoms with Gasteiger partial charge in [0.05, 0.1) is 6.20 Å². The minimum atomic E-state index is 0.512. The van der Waals surface area contributed by atoms with E-state index < -0.39 is 0 Å². The lowest BCUT2D eigenvalue weighted by molar-refractivity contribution is 0.625. The molecule has 5 nitrogen and oxygen atoms in total. The van der Waals surface area contributed by atoms with Crippen molar-refractivity contribution in [2.75, 3.05) is 13.1 Å². The minimum absolute atomic E-state index is 0.512. The van der Waals surface area contributed by atoms with Crippen LogP contribution in [0.15, 0.2) is 22.2 Å². The van der Waals surface area contributed by atoms with Crippen LogP contribution in [-0.2, 0) is 0 Å². The Bertz CT molecular complexity index is 411. The highest BCUT2D eigenvalue weighted by molar-refractivity contribution is 9.11. The first-order chi connectivity index (χ1) is 9.29. The lowest BCUT2D eigenvalue weighted by Crippen LogP contribution is -2.16. The molecule has 1 heterocycles. The Hall–Kier alpha value is -1.14. The fraction of sp³-hybridized carbons (Fsp3) is 0.538. The van der Waals surface area contributed by atoms with E-state index in [1.165, 1.54) is 12.8 Å². The van der Waals surface area contributed by atoms with Crippen molar-refractivity contribution in [3.8, 4) is 0 Å². The van der Waals surface area contributed by atoms with Crippen molar-refractivity contribution in [1.82, 2.24) is 15.1 Å². The van der Waals surface area contributed by atoms with Crippen molar-refractivity contribution in [2.45, 2.75) is 32.6 Å². The van der Waals surface area contributed by atoms with Crippen molar-refractivity contribution >= 4 is 33.8 Å². The van der Waals surface area contributed by atoms with Crippen LogP contribution in [0, 0.1) is 0 Å². The number of nitrogens with one attached hydrogen (secondary N) is 1. The molecule has 0 saturated heterocycles. The van der Waals surface area contributed by atoms with Crippen molar-refractivity contribution in [3.05, 3.63) is 17.2 Å². The van der Waals surface area contributed by atoms with Crippen molar-refractivity contribution in [3.63, 3.8) is 0 Å². The lowest BCUT2D eigenvalue weighted by atomic mass is 10.3. The quantitative estimate of drug-likeness (QED) is 0.541. The molecule has 0 amide bonds. The standard InChI is InChI=1S/C13H22BrN5/c1-2-3-7-16-8-4-5-9-17-13-6-10-18-19(13)12(15)11-14/h6,9-11,16H,2-5,7-8,15H2,1H3/b12-11+,17-9+. The van der Waals surface area contributed by atoms with Crippen LogP contribution in [0.25, 0.3) is 5.82 Å². The van der Waals surface area contributed by atoms with E-state index in [2.05, 4.69) is 38.3 Å². The number of nitrogens with zero attached hydrogens (tertiary/aromatic N) is 3. The van der Waals surface area contributed by atoms with Crippen LogP contribution in [0.3, 0.4) is 0 Å². The summed E-state index contributed by atoms with van der Waals surface area (Å²) in [6.07, 6.45) is 8.11. The lowest BCUT2D eigenvalue weighted by Gasteiger charge is -2.02. The summed E-state index contributed by atoms with van der Waals surface area (Å²) in [7, 11) is 0. The maximum Gasteiger partial charge on any atom is 0.156 e. The third-order valence-electron chi connectivity index (χ3n) is 2.60. The second kappa shape index (κ2) is 9.75. The van der Waals surface area contributed by atoms with Gasteiger partial charge in [0.25, 0.3) is 0 Å². The average Bonchev–Trinajstić information content (AvgIpc) is 2.89. The van der Waals surface area contributed by atoms with Gasteiger partial charge in [0, 0.05) is 17.3 Å². The molecule has 6 heteroatoms. The van der Waals surface area contributed by atoms with Gasteiger partial charge >= 0.3 is 0 Å². The van der Waals surface area contributed by atoms with Gasteiger partial charge < -0.3 is 11.1 Å². The molecule has 0 fully saturated rings. The third-order valence-corrected chi connectivity index (χ3v) is 3.07. The predicted molar refractivity (Wildman–Crippen MR) is 84.8 cm³/mol. The Balaban J connectivity index is 2.28. The summed E-state index contributed by atoms with van der Waals surface area (Å²) in [5, 5.41) is 7.51. The van der Waals surface area contributed by atoms with Gasteiger partial charge in [-0.05, 0) is 32.4 Å². The molecular weight excluding hydrogens is 306 g/mol. The van der Waals surface area contributed by atoms with E-state index in [1.54, 1.807) is 15.9 Å². The first-order valence-electron chi connectivity index (χ1n) is 6.63. The molecule has 0 atom stereocenters. The van der Waals surface area contributed by atoms with E-state index in [1.807, 2.05) is 12.3 Å². The molecule has 0 spiro atoms. The molecule has 0 aromatic carbocycles. The molecule has 1 aromatic heterocycles. The van der Waals surface area contributed by atoms with Crippen LogP contribution >= 0.6 is 15.9 Å². The Kier molecular flexibility index (Phi) is 8.16. The van der Waals surface area contributed by atoms with Crippen molar-refractivity contribution in [1.29, 1.82) is 0 Å². The Morgan fingerprint density at radius 2 is 2.32 bits per heavy atom. The van der Waals surface area contributed by atoms with E-state index in [0.717, 1.165) is 31.7 Å². The molecule has 0 saturated carbocycles. The van der Waals surface area contributed by atoms with Crippen LogP contribution in [0.2, 0.25) is 0 Å². The highest BCUT2D eigenvalue weighted by Gasteiger charge is 2.01. The highest BCUT2D eigenvalue weighted by Crippen LogP contribution is 2.14. The van der Waals surface area contributed by atoms with Gasteiger partial charge in [0.2, 0.25) is 0 Å². The monoisotopic (exact) mass is 327 g/mol. The highest BCUT2D eigenvalue weighted by atomic mass is 79.9. The summed E-state index contributed by atoms with van der Waals surface area (Å²) in [6, 6.07) is 1.83. The van der Waals surface area contributed by atoms with Gasteiger partial charge in [0.15, 0.2) is 5.82 Å². The topological polar surface area (TPSA) is 68.2 Å². The zero-order valence-corrected chi connectivity index (χ0v) is 12.9. The predicted octanol–water partition coefficient (Wildman–Crippen LogP) is 2.86. The Labute approximate surface area is 123 Å². The summed E-state index contributed by atoms with van der Waals surface area (Å²) in [6.45, 7) is 4.34. The number of aromatic nitrogens is 2. The van der Waals surface area contributed by atoms with E-state index in [4.69, 9.17) is 5.73 Å². The number of rotatable bonds is 9. The van der Waals surface area contributed by atoms with Crippen molar-refractivity contribution < 1.29 is 0 Å². The van der Waals surface area contributed by atoms with Crippen molar-refractivity contribution in [2.24, 2.45) is 10.7 Å². The normalized spacial score (nSPS) is 12.4. The number of halogens is 1. The van der Waals surface area contributed by atoms with Crippen LogP contribution in [-0.4, -0.2) is 29.1 Å². The van der Waals surface area contributed by atoms with Gasteiger partial charge in [-0.1, -0.05) is 29.3 Å². The van der Waals surface area contributed by atoms with Crippen LogP contribution in [0.5, 0.6) is 0 Å². The molecular formula is C13H22BrN5. The fourth-order valence-electron chi connectivity index (χ4n) is 1.54. The van der Waals surface area contributed by atoms with Gasteiger partial charge in [0.1, 0.15) is 5.82 Å². The summed E-state index contributed by atoms with van der Waals surface area (Å²) < 4.78 is 1.59. The number of aliphatic imine (C=N–C) groups is 1. The van der Waals surface area contributed by atoms with Gasteiger partial charge in [-0.25, -0.2) is 4.99 Å². The molecule has 0 unspecified atom stereocenters. The van der Waals surface area contributed by atoms with Crippen LogP contribution in [0.1, 0.15) is 32.6 Å². The van der Waals surface area contributed by atoms with E-state index in [-0.39, 0.29) is 0 Å². The zero-order chi connectivity index (χ0) is 13.9. The molecule has 0 aliphatic heterocycles. The third kappa shape index (κ3) is 6.02. The van der Waals surface area contributed by atoms with Crippen LogP contribution < -0.4 is 11.1 Å². The van der Waals surface area contributed by atoms with Gasteiger partial charge in [-0.15, -0.1) is 0 Å². The minimum Gasteiger partial charge on any atom is -0.383 e. The van der Waals surface area contributed by atoms with E-state index in [0.29, 0.717) is 5.82 Å². The molecule has 0 bridgehead atoms. The first-order valence-corrected chi connectivity index (χ1v) is 7.54. The number of unbranched alkanes of at least 4 members (excludes halogenated alkanes) is 2. The maximum atomic E-state index is 5.77. The van der Waals surface area contributed by atoms with Crippen LogP contribution in [0.4, 0.5) is 5.82 Å². The summed E-state index contributed by atoms with van der Waals surface area (Å²) in [4.78, 5) is 6.00. The Morgan fingerprint density at radius 3 is 3.05 bits per heavy atom. The molecule has 0 radical (unpaired) electrons. The fourth-order valence-corrected chi connectivity index (χ4v) is 1.74. The Morgan fingerprint density at radius 1 is 1.53 bits per heavy atom. The van der Waals surface area contributed by atoms with E-state index in [9.17, 15) is 0 Å². The second-order valence-electron chi connectivity index (χ2n) is 4.19. The van der Waals surface area contributed by atoms with E-state index >= 15 is 0 Å². The number of hydrogen-bond acceptors (Lipinski definition) is 4. The zero-order valence-electron chi connectivity index (χ0n) is 11.3. The second-order valence-corrected chi connectivity index (χ2v) is 4.65. The maximum absolute atomic E-state index is 5.77. The first kappa shape index (κ1) is 15.9. The molecule has 106 valence electrons. The molecule has 19 heavy (non-hydrogen) atoms.